The van der Waals surface area contributed by atoms with Crippen molar-refractivity contribution >= 4 is 29.2 Å². The van der Waals surface area contributed by atoms with E-state index in [1.165, 1.54) is 0 Å². The van der Waals surface area contributed by atoms with Crippen LogP contribution in [0.25, 0.3) is 0 Å². The highest BCUT2D eigenvalue weighted by Gasteiger charge is 2.15. The maximum atomic E-state index is 6.01. The molecule has 1 heterocycles. The number of benzene rings is 1. The van der Waals surface area contributed by atoms with Crippen molar-refractivity contribution < 1.29 is 0 Å². The molecule has 7 nitrogen and oxygen atoms in total. The number of nitrogens with two attached hydrogens (primary N) is 1. The number of nitrogen functional groups attached to an aromatic ring is 1. The van der Waals surface area contributed by atoms with Gasteiger partial charge in [-0.05, 0) is 39.8 Å². The normalized spacial score (nSPS) is 10.5. The molecule has 130 valence electrons. The fourth-order valence-corrected chi connectivity index (χ4v) is 2.44. The largest absolute Gasteiger partial charge is 0.397 e. The minimum absolute atomic E-state index is 0.506. The summed E-state index contributed by atoms with van der Waals surface area (Å²) in [6, 6.07) is 7.58. The van der Waals surface area contributed by atoms with Crippen molar-refractivity contribution in [3.8, 4) is 0 Å². The lowest BCUT2D eigenvalue weighted by molar-refractivity contribution is 0.779. The summed E-state index contributed by atoms with van der Waals surface area (Å²) in [6.07, 6.45) is 0. The number of rotatable bonds is 8. The van der Waals surface area contributed by atoms with E-state index in [4.69, 9.17) is 5.73 Å². The fourth-order valence-electron chi connectivity index (χ4n) is 2.44. The van der Waals surface area contributed by atoms with Crippen LogP contribution < -0.4 is 20.9 Å². The van der Waals surface area contributed by atoms with Gasteiger partial charge in [-0.25, -0.2) is 0 Å². The number of hydrogen-bond donors (Lipinski definition) is 2. The van der Waals surface area contributed by atoms with Crippen LogP contribution in [-0.4, -0.2) is 41.1 Å². The van der Waals surface area contributed by atoms with Gasteiger partial charge in [-0.3, -0.25) is 0 Å². The molecule has 0 radical (unpaired) electrons. The van der Waals surface area contributed by atoms with Crippen LogP contribution in [0.15, 0.2) is 24.3 Å². The third-order valence-electron chi connectivity index (χ3n) is 3.91. The summed E-state index contributed by atoms with van der Waals surface area (Å²) in [5.41, 5.74) is 7.46. The van der Waals surface area contributed by atoms with Gasteiger partial charge in [0.15, 0.2) is 0 Å². The van der Waals surface area contributed by atoms with E-state index in [2.05, 4.69) is 57.8 Å². The van der Waals surface area contributed by atoms with Crippen molar-refractivity contribution in [3.05, 3.63) is 24.3 Å². The highest BCUT2D eigenvalue weighted by molar-refractivity contribution is 5.70. The number of nitrogens with zero attached hydrogens (tertiary/aromatic N) is 5. The molecule has 0 aliphatic carbocycles. The van der Waals surface area contributed by atoms with E-state index >= 15 is 0 Å². The van der Waals surface area contributed by atoms with Crippen molar-refractivity contribution in [2.75, 3.05) is 47.0 Å². The molecule has 0 spiro atoms. The summed E-state index contributed by atoms with van der Waals surface area (Å²) < 4.78 is 0. The first-order chi connectivity index (χ1) is 11.6. The van der Waals surface area contributed by atoms with E-state index < -0.39 is 0 Å². The Labute approximate surface area is 143 Å². The van der Waals surface area contributed by atoms with Crippen molar-refractivity contribution in [1.29, 1.82) is 0 Å². The Kier molecular flexibility index (Phi) is 6.17. The van der Waals surface area contributed by atoms with Gasteiger partial charge in [-0.2, -0.15) is 15.0 Å². The lowest BCUT2D eigenvalue weighted by Gasteiger charge is -2.23. The van der Waals surface area contributed by atoms with Gasteiger partial charge < -0.3 is 20.9 Å². The van der Waals surface area contributed by atoms with Gasteiger partial charge in [0.1, 0.15) is 0 Å². The van der Waals surface area contributed by atoms with Crippen LogP contribution in [0.1, 0.15) is 27.7 Å². The molecule has 0 aliphatic rings. The molecule has 0 amide bonds. The summed E-state index contributed by atoms with van der Waals surface area (Å²) in [4.78, 5) is 18.0. The Morgan fingerprint density at radius 2 is 1.33 bits per heavy atom. The number of anilines is 5. The number of hydrogen-bond acceptors (Lipinski definition) is 7. The monoisotopic (exact) mass is 329 g/mol. The molecule has 0 saturated carbocycles. The SMILES string of the molecule is CCN(CC)c1nc(Nc2ccccc2N)nc(N(CC)CC)n1. The van der Waals surface area contributed by atoms with Crippen molar-refractivity contribution in [2.24, 2.45) is 0 Å². The van der Waals surface area contributed by atoms with Crippen LogP contribution >= 0.6 is 0 Å². The molecule has 0 unspecified atom stereocenters. The van der Waals surface area contributed by atoms with E-state index in [-0.39, 0.29) is 0 Å². The minimum Gasteiger partial charge on any atom is -0.397 e. The van der Waals surface area contributed by atoms with E-state index in [0.29, 0.717) is 23.5 Å². The molecule has 0 saturated heterocycles. The third-order valence-corrected chi connectivity index (χ3v) is 3.91. The molecular formula is C17H27N7. The zero-order chi connectivity index (χ0) is 17.5. The van der Waals surface area contributed by atoms with E-state index in [0.717, 1.165) is 31.9 Å². The van der Waals surface area contributed by atoms with Crippen LogP contribution in [0.5, 0.6) is 0 Å². The maximum Gasteiger partial charge on any atom is 0.233 e. The van der Waals surface area contributed by atoms with Crippen molar-refractivity contribution in [3.63, 3.8) is 0 Å². The fraction of sp³-hybridized carbons (Fsp3) is 0.471. The van der Waals surface area contributed by atoms with E-state index in [9.17, 15) is 0 Å². The molecule has 2 aromatic rings. The van der Waals surface area contributed by atoms with Gasteiger partial charge in [0.05, 0.1) is 11.4 Å². The van der Waals surface area contributed by atoms with Crippen LogP contribution in [-0.2, 0) is 0 Å². The molecular weight excluding hydrogens is 302 g/mol. The van der Waals surface area contributed by atoms with Gasteiger partial charge in [0, 0.05) is 26.2 Å². The molecule has 0 bridgehead atoms. The first kappa shape index (κ1) is 17.8. The Morgan fingerprint density at radius 1 is 0.833 bits per heavy atom. The molecule has 1 aromatic heterocycles. The summed E-state index contributed by atoms with van der Waals surface area (Å²) >= 11 is 0. The second-order valence-electron chi connectivity index (χ2n) is 5.32. The summed E-state index contributed by atoms with van der Waals surface area (Å²) in [6.45, 7) is 11.7. The standard InChI is InChI=1S/C17H27N7/c1-5-23(6-2)16-20-15(19-14-12-10-9-11-13(14)18)21-17(22-16)24(7-3)8-4/h9-12H,5-8,18H2,1-4H3,(H,19,20,21,22). The first-order valence-electron chi connectivity index (χ1n) is 8.50. The molecule has 3 N–H and O–H groups in total. The average molecular weight is 329 g/mol. The molecule has 0 atom stereocenters. The van der Waals surface area contributed by atoms with Crippen LogP contribution in [0.2, 0.25) is 0 Å². The zero-order valence-corrected chi connectivity index (χ0v) is 15.0. The molecule has 7 heteroatoms. The Morgan fingerprint density at radius 3 is 1.79 bits per heavy atom. The quantitative estimate of drug-likeness (QED) is 0.720. The summed E-state index contributed by atoms with van der Waals surface area (Å²) in [5, 5.41) is 3.22. The predicted molar refractivity (Wildman–Crippen MR) is 101 cm³/mol. The Balaban J connectivity index is 2.43. The average Bonchev–Trinajstić information content (AvgIpc) is 2.59. The topological polar surface area (TPSA) is 83.2 Å². The Hall–Kier alpha value is -2.57. The molecule has 24 heavy (non-hydrogen) atoms. The van der Waals surface area contributed by atoms with Crippen molar-refractivity contribution in [2.45, 2.75) is 27.7 Å². The number of para-hydroxylation sites is 2. The van der Waals surface area contributed by atoms with Crippen LogP contribution in [0.3, 0.4) is 0 Å². The van der Waals surface area contributed by atoms with Crippen molar-refractivity contribution in [1.82, 2.24) is 15.0 Å². The summed E-state index contributed by atoms with van der Waals surface area (Å²) in [5.74, 6) is 1.86. The molecule has 2 rings (SSSR count). The lowest BCUT2D eigenvalue weighted by atomic mass is 10.3. The second kappa shape index (κ2) is 8.33. The predicted octanol–water partition coefficient (Wildman–Crippen LogP) is 2.89. The van der Waals surface area contributed by atoms with Gasteiger partial charge in [0.2, 0.25) is 17.8 Å². The highest BCUT2D eigenvalue weighted by Crippen LogP contribution is 2.23. The molecule has 0 aliphatic heterocycles. The van der Waals surface area contributed by atoms with Gasteiger partial charge in [0.25, 0.3) is 0 Å². The Bertz CT molecular complexity index is 621. The minimum atomic E-state index is 0.506. The lowest BCUT2D eigenvalue weighted by Crippen LogP contribution is -2.29. The number of nitrogens with one attached hydrogen (secondary N) is 1. The number of aromatic nitrogens is 3. The third kappa shape index (κ3) is 4.04. The van der Waals surface area contributed by atoms with Gasteiger partial charge >= 0.3 is 0 Å². The first-order valence-corrected chi connectivity index (χ1v) is 8.50. The second-order valence-corrected chi connectivity index (χ2v) is 5.32. The smallest absolute Gasteiger partial charge is 0.233 e. The summed E-state index contributed by atoms with van der Waals surface area (Å²) in [7, 11) is 0. The molecule has 0 fully saturated rings. The maximum absolute atomic E-state index is 6.01. The zero-order valence-electron chi connectivity index (χ0n) is 15.0. The van der Waals surface area contributed by atoms with Crippen LogP contribution in [0, 0.1) is 0 Å². The molecule has 1 aromatic carbocycles. The highest BCUT2D eigenvalue weighted by atomic mass is 15.4. The van der Waals surface area contributed by atoms with Gasteiger partial charge in [-0.15, -0.1) is 0 Å². The van der Waals surface area contributed by atoms with E-state index in [1.807, 2.05) is 24.3 Å². The van der Waals surface area contributed by atoms with Crippen LogP contribution in [0.4, 0.5) is 29.2 Å². The van der Waals surface area contributed by atoms with Gasteiger partial charge in [-0.1, -0.05) is 12.1 Å². The van der Waals surface area contributed by atoms with E-state index in [1.54, 1.807) is 0 Å².